The van der Waals surface area contributed by atoms with E-state index in [0.717, 1.165) is 18.4 Å². The molecule has 0 saturated carbocycles. The van der Waals surface area contributed by atoms with Crippen molar-refractivity contribution in [2.45, 2.75) is 25.8 Å². The number of aryl methyl sites for hydroxylation is 1. The van der Waals surface area contributed by atoms with Crippen molar-refractivity contribution in [3.63, 3.8) is 0 Å². The van der Waals surface area contributed by atoms with E-state index in [0.29, 0.717) is 24.3 Å². The van der Waals surface area contributed by atoms with Crippen molar-refractivity contribution < 1.29 is 14.0 Å². The molecule has 1 unspecified atom stereocenters. The first-order valence-electron chi connectivity index (χ1n) is 8.67. The van der Waals surface area contributed by atoms with E-state index >= 15 is 0 Å². The second-order valence-corrected chi connectivity index (χ2v) is 6.58. The summed E-state index contributed by atoms with van der Waals surface area (Å²) in [7, 11) is 0. The summed E-state index contributed by atoms with van der Waals surface area (Å²) in [5.41, 5.74) is 7.45. The number of likely N-dealkylation sites (tertiary alicyclic amines) is 1. The van der Waals surface area contributed by atoms with Crippen molar-refractivity contribution in [2.24, 2.45) is 5.73 Å². The lowest BCUT2D eigenvalue weighted by atomic mass is 10.0. The molecule has 3 N–H and O–H groups in total. The number of nitrogens with one attached hydrogen (secondary N) is 1. The van der Waals surface area contributed by atoms with Gasteiger partial charge < -0.3 is 16.0 Å². The van der Waals surface area contributed by atoms with Crippen molar-refractivity contribution in [2.75, 3.05) is 18.4 Å². The highest BCUT2D eigenvalue weighted by atomic mass is 35.5. The van der Waals surface area contributed by atoms with E-state index in [2.05, 4.69) is 5.32 Å². The Morgan fingerprint density at radius 1 is 1.15 bits per heavy atom. The summed E-state index contributed by atoms with van der Waals surface area (Å²) >= 11 is 0. The topological polar surface area (TPSA) is 75.4 Å². The van der Waals surface area contributed by atoms with Crippen LogP contribution < -0.4 is 11.1 Å². The van der Waals surface area contributed by atoms with E-state index < -0.39 is 11.7 Å². The fourth-order valence-corrected chi connectivity index (χ4v) is 3.20. The number of rotatable bonds is 3. The van der Waals surface area contributed by atoms with Crippen LogP contribution in [0.15, 0.2) is 42.5 Å². The van der Waals surface area contributed by atoms with Crippen molar-refractivity contribution in [3.8, 4) is 0 Å². The van der Waals surface area contributed by atoms with Crippen LogP contribution in [0.4, 0.5) is 10.1 Å². The van der Waals surface area contributed by atoms with Gasteiger partial charge in [-0.05, 0) is 43.5 Å². The molecule has 144 valence electrons. The standard InChI is InChI=1S/C20H22FN3O2.ClH/c1-13-6-4-9-16(20(26)24-11-5-7-14(22)12-24)18(13)23-19(25)15-8-2-3-10-17(15)21;/h2-4,6,8-10,14H,5,7,11-12,22H2,1H3,(H,23,25);1H. The third-order valence-electron chi connectivity index (χ3n) is 4.61. The van der Waals surface area contributed by atoms with Gasteiger partial charge in [0.15, 0.2) is 0 Å². The molecule has 2 aromatic rings. The first kappa shape index (κ1) is 20.9. The molecule has 1 saturated heterocycles. The van der Waals surface area contributed by atoms with Crippen LogP contribution in [0.5, 0.6) is 0 Å². The van der Waals surface area contributed by atoms with Crippen LogP contribution in [-0.4, -0.2) is 35.8 Å². The number of hydrogen-bond acceptors (Lipinski definition) is 3. The number of piperidine rings is 1. The van der Waals surface area contributed by atoms with Crippen LogP contribution in [0.1, 0.15) is 39.1 Å². The number of anilines is 1. The lowest BCUT2D eigenvalue weighted by Gasteiger charge is -2.31. The zero-order valence-electron chi connectivity index (χ0n) is 15.1. The molecule has 5 nitrogen and oxygen atoms in total. The predicted octanol–water partition coefficient (Wildman–Crippen LogP) is 3.37. The van der Waals surface area contributed by atoms with Crippen molar-refractivity contribution >= 4 is 29.9 Å². The maximum Gasteiger partial charge on any atom is 0.258 e. The minimum absolute atomic E-state index is 0. The molecule has 2 amide bonds. The number of carbonyl (C=O) groups is 2. The number of halogens is 2. The largest absolute Gasteiger partial charge is 0.337 e. The van der Waals surface area contributed by atoms with Gasteiger partial charge in [0.2, 0.25) is 0 Å². The Balaban J connectivity index is 0.00000261. The average molecular weight is 392 g/mol. The Morgan fingerprint density at radius 2 is 1.85 bits per heavy atom. The Hall–Kier alpha value is -2.44. The second kappa shape index (κ2) is 8.97. The summed E-state index contributed by atoms with van der Waals surface area (Å²) in [5, 5.41) is 2.71. The number of nitrogens with zero attached hydrogens (tertiary/aromatic N) is 1. The Kier molecular flexibility index (Phi) is 6.93. The number of nitrogens with two attached hydrogens (primary N) is 1. The summed E-state index contributed by atoms with van der Waals surface area (Å²) in [6.07, 6.45) is 1.75. The molecule has 1 atom stereocenters. The van der Waals surface area contributed by atoms with Gasteiger partial charge >= 0.3 is 0 Å². The molecule has 1 heterocycles. The molecular weight excluding hydrogens is 369 g/mol. The number of benzene rings is 2. The number of para-hydroxylation sites is 1. The van der Waals surface area contributed by atoms with Crippen LogP contribution in [0.2, 0.25) is 0 Å². The summed E-state index contributed by atoms with van der Waals surface area (Å²) in [6, 6.07) is 11.0. The van der Waals surface area contributed by atoms with Gasteiger partial charge in [-0.25, -0.2) is 4.39 Å². The first-order chi connectivity index (χ1) is 12.5. The third-order valence-corrected chi connectivity index (χ3v) is 4.61. The molecule has 2 aromatic carbocycles. The summed E-state index contributed by atoms with van der Waals surface area (Å²) < 4.78 is 13.9. The highest BCUT2D eigenvalue weighted by Gasteiger charge is 2.25. The molecule has 1 aliphatic heterocycles. The molecule has 7 heteroatoms. The number of hydrogen-bond donors (Lipinski definition) is 2. The average Bonchev–Trinajstić information content (AvgIpc) is 2.63. The van der Waals surface area contributed by atoms with Crippen molar-refractivity contribution in [1.29, 1.82) is 0 Å². The van der Waals surface area contributed by atoms with E-state index in [1.165, 1.54) is 18.2 Å². The summed E-state index contributed by atoms with van der Waals surface area (Å²) in [5.74, 6) is -1.36. The normalized spacial score (nSPS) is 16.4. The van der Waals surface area contributed by atoms with Crippen LogP contribution in [-0.2, 0) is 0 Å². The molecule has 3 rings (SSSR count). The molecule has 0 radical (unpaired) electrons. The van der Waals surface area contributed by atoms with Crippen LogP contribution in [0.25, 0.3) is 0 Å². The zero-order valence-corrected chi connectivity index (χ0v) is 15.9. The number of amides is 2. The lowest BCUT2D eigenvalue weighted by molar-refractivity contribution is 0.0710. The highest BCUT2D eigenvalue weighted by Crippen LogP contribution is 2.24. The highest BCUT2D eigenvalue weighted by molar-refractivity contribution is 6.09. The van der Waals surface area contributed by atoms with E-state index in [-0.39, 0.29) is 29.9 Å². The Bertz CT molecular complexity index is 844. The second-order valence-electron chi connectivity index (χ2n) is 6.58. The fourth-order valence-electron chi connectivity index (χ4n) is 3.20. The maximum absolute atomic E-state index is 13.9. The number of carbonyl (C=O) groups excluding carboxylic acids is 2. The van der Waals surface area contributed by atoms with Gasteiger partial charge in [-0.1, -0.05) is 24.3 Å². The van der Waals surface area contributed by atoms with Gasteiger partial charge in [0.25, 0.3) is 11.8 Å². The van der Waals surface area contributed by atoms with Gasteiger partial charge in [-0.2, -0.15) is 0 Å². The van der Waals surface area contributed by atoms with Gasteiger partial charge in [-0.15, -0.1) is 12.4 Å². The maximum atomic E-state index is 13.9. The molecule has 1 fully saturated rings. The summed E-state index contributed by atoms with van der Waals surface area (Å²) in [6.45, 7) is 2.93. The summed E-state index contributed by atoms with van der Waals surface area (Å²) in [4.78, 5) is 27.2. The minimum Gasteiger partial charge on any atom is -0.337 e. The zero-order chi connectivity index (χ0) is 18.7. The molecule has 0 spiro atoms. The van der Waals surface area contributed by atoms with E-state index in [1.54, 1.807) is 36.1 Å². The smallest absolute Gasteiger partial charge is 0.258 e. The Morgan fingerprint density at radius 3 is 2.56 bits per heavy atom. The molecular formula is C20H23ClFN3O2. The monoisotopic (exact) mass is 391 g/mol. The van der Waals surface area contributed by atoms with E-state index in [4.69, 9.17) is 5.73 Å². The van der Waals surface area contributed by atoms with Crippen molar-refractivity contribution in [1.82, 2.24) is 4.90 Å². The lowest BCUT2D eigenvalue weighted by Crippen LogP contribution is -2.45. The van der Waals surface area contributed by atoms with Gasteiger partial charge in [0.05, 0.1) is 16.8 Å². The van der Waals surface area contributed by atoms with Crippen molar-refractivity contribution in [3.05, 3.63) is 65.0 Å². The first-order valence-corrected chi connectivity index (χ1v) is 8.67. The molecule has 0 bridgehead atoms. The van der Waals surface area contributed by atoms with E-state index in [1.807, 2.05) is 0 Å². The van der Waals surface area contributed by atoms with Gasteiger partial charge in [0, 0.05) is 19.1 Å². The minimum atomic E-state index is -0.603. The molecule has 27 heavy (non-hydrogen) atoms. The molecule has 1 aliphatic rings. The van der Waals surface area contributed by atoms with Crippen LogP contribution in [0.3, 0.4) is 0 Å². The van der Waals surface area contributed by atoms with Gasteiger partial charge in [-0.3, -0.25) is 9.59 Å². The quantitative estimate of drug-likeness (QED) is 0.842. The predicted molar refractivity (Wildman–Crippen MR) is 106 cm³/mol. The molecule has 0 aromatic heterocycles. The van der Waals surface area contributed by atoms with Gasteiger partial charge in [0.1, 0.15) is 5.82 Å². The fraction of sp³-hybridized carbons (Fsp3) is 0.300. The SMILES string of the molecule is Cc1cccc(C(=O)N2CCCC(N)C2)c1NC(=O)c1ccccc1F.Cl. The third kappa shape index (κ3) is 4.64. The van der Waals surface area contributed by atoms with Crippen LogP contribution in [0, 0.1) is 12.7 Å². The molecule has 0 aliphatic carbocycles. The van der Waals surface area contributed by atoms with E-state index in [9.17, 15) is 14.0 Å². The Labute approximate surface area is 164 Å². The van der Waals surface area contributed by atoms with Crippen LogP contribution >= 0.6 is 12.4 Å².